The van der Waals surface area contributed by atoms with Crippen LogP contribution in [0.1, 0.15) is 31.2 Å². The third-order valence-electron chi connectivity index (χ3n) is 3.85. The van der Waals surface area contributed by atoms with Crippen LogP contribution in [0.25, 0.3) is 0 Å². The normalized spacial score (nSPS) is 31.9. The molecule has 0 radical (unpaired) electrons. The Balaban J connectivity index is 1.89. The fourth-order valence-corrected chi connectivity index (χ4v) is 4.72. The Bertz CT molecular complexity index is 509. The average molecular weight is 251 g/mol. The zero-order valence-corrected chi connectivity index (χ0v) is 10.8. The van der Waals surface area contributed by atoms with Gasteiger partial charge in [0.2, 0.25) is 10.0 Å². The third kappa shape index (κ3) is 1.79. The molecule has 3 rings (SSSR count). The van der Waals surface area contributed by atoms with Crippen LogP contribution >= 0.6 is 0 Å². The number of rotatable bonds is 2. The molecule has 1 aromatic rings. The van der Waals surface area contributed by atoms with Crippen molar-refractivity contribution in [3.8, 4) is 0 Å². The lowest BCUT2D eigenvalue weighted by atomic mass is 10.0. The van der Waals surface area contributed by atoms with Crippen molar-refractivity contribution in [1.29, 1.82) is 0 Å². The monoisotopic (exact) mass is 251 g/mol. The summed E-state index contributed by atoms with van der Waals surface area (Å²) in [5, 5.41) is 0. The lowest BCUT2D eigenvalue weighted by Crippen LogP contribution is -2.15. The molecule has 1 aliphatic carbocycles. The molecule has 1 saturated heterocycles. The van der Waals surface area contributed by atoms with Gasteiger partial charge in [-0.1, -0.05) is 30.5 Å². The third-order valence-corrected chi connectivity index (χ3v) is 5.82. The Morgan fingerprint density at radius 1 is 1.06 bits per heavy atom. The van der Waals surface area contributed by atoms with Crippen molar-refractivity contribution in [2.24, 2.45) is 0 Å². The fourth-order valence-electron chi connectivity index (χ4n) is 2.84. The molecule has 2 atom stereocenters. The van der Waals surface area contributed by atoms with Crippen LogP contribution in [0.2, 0.25) is 0 Å². The van der Waals surface area contributed by atoms with Crippen LogP contribution in [-0.2, 0) is 10.0 Å². The van der Waals surface area contributed by atoms with Crippen molar-refractivity contribution in [2.75, 3.05) is 0 Å². The van der Waals surface area contributed by atoms with E-state index in [1.807, 2.05) is 19.1 Å². The van der Waals surface area contributed by atoms with Crippen molar-refractivity contribution in [3.05, 3.63) is 29.8 Å². The summed E-state index contributed by atoms with van der Waals surface area (Å²) < 4.78 is 26.5. The second-order valence-electron chi connectivity index (χ2n) is 5.07. The van der Waals surface area contributed by atoms with Gasteiger partial charge >= 0.3 is 0 Å². The Kier molecular flexibility index (Phi) is 2.52. The van der Waals surface area contributed by atoms with Gasteiger partial charge in [0, 0.05) is 12.1 Å². The van der Waals surface area contributed by atoms with E-state index < -0.39 is 10.0 Å². The molecule has 17 heavy (non-hydrogen) atoms. The lowest BCUT2D eigenvalue weighted by molar-refractivity contribution is 0.545. The molecule has 3 nitrogen and oxygen atoms in total. The minimum Gasteiger partial charge on any atom is -0.207 e. The summed E-state index contributed by atoms with van der Waals surface area (Å²) in [4.78, 5) is 0.442. The summed E-state index contributed by atoms with van der Waals surface area (Å²) in [6, 6.07) is 7.73. The van der Waals surface area contributed by atoms with E-state index in [1.165, 1.54) is 12.8 Å². The van der Waals surface area contributed by atoms with Gasteiger partial charge in [-0.25, -0.2) is 8.42 Å². The number of nitrogens with zero attached hydrogens (tertiary/aromatic N) is 1. The molecule has 0 spiro atoms. The standard InChI is InChI=1S/C13H17NO2S/c1-10-6-8-11(9-7-10)17(15,16)14-12-4-2-3-5-13(12)14/h6-9,12-13H,2-5H2,1H3/t12-,13-/m0/s1. The predicted molar refractivity (Wildman–Crippen MR) is 66.2 cm³/mol. The van der Waals surface area contributed by atoms with Crippen molar-refractivity contribution in [1.82, 2.24) is 4.31 Å². The summed E-state index contributed by atoms with van der Waals surface area (Å²) in [5.41, 5.74) is 1.09. The molecule has 92 valence electrons. The van der Waals surface area contributed by atoms with Gasteiger partial charge in [-0.15, -0.1) is 0 Å². The molecular formula is C13H17NO2S. The molecule has 2 fully saturated rings. The van der Waals surface area contributed by atoms with Gasteiger partial charge in [-0.05, 0) is 31.9 Å². The van der Waals surface area contributed by atoms with E-state index in [9.17, 15) is 8.42 Å². The minimum atomic E-state index is -3.23. The summed E-state index contributed by atoms with van der Waals surface area (Å²) in [7, 11) is -3.23. The fraction of sp³-hybridized carbons (Fsp3) is 0.538. The number of hydrogen-bond donors (Lipinski definition) is 0. The molecule has 0 bridgehead atoms. The molecule has 1 aromatic carbocycles. The molecular weight excluding hydrogens is 234 g/mol. The second-order valence-corrected chi connectivity index (χ2v) is 6.91. The van der Waals surface area contributed by atoms with Crippen LogP contribution in [0.15, 0.2) is 29.2 Å². The first kappa shape index (κ1) is 11.2. The molecule has 1 saturated carbocycles. The Labute approximate surface area is 102 Å². The SMILES string of the molecule is Cc1ccc(S(=O)(=O)N2[C@H]3CCCC[C@@H]32)cc1. The van der Waals surface area contributed by atoms with E-state index in [4.69, 9.17) is 0 Å². The topological polar surface area (TPSA) is 37.1 Å². The minimum absolute atomic E-state index is 0.287. The Hall–Kier alpha value is -0.870. The van der Waals surface area contributed by atoms with Gasteiger partial charge < -0.3 is 0 Å². The highest BCUT2D eigenvalue weighted by atomic mass is 32.2. The molecule has 0 N–H and O–H groups in total. The van der Waals surface area contributed by atoms with Crippen LogP contribution in [-0.4, -0.2) is 24.8 Å². The first-order valence-corrected chi connectivity index (χ1v) is 7.65. The highest BCUT2D eigenvalue weighted by Gasteiger charge is 2.55. The summed E-state index contributed by atoms with van der Waals surface area (Å²) in [6.45, 7) is 1.97. The van der Waals surface area contributed by atoms with E-state index in [1.54, 1.807) is 16.4 Å². The van der Waals surface area contributed by atoms with E-state index in [0.717, 1.165) is 18.4 Å². The zero-order valence-electron chi connectivity index (χ0n) is 9.96. The zero-order chi connectivity index (χ0) is 12.0. The maximum atomic E-state index is 12.4. The van der Waals surface area contributed by atoms with Gasteiger partial charge in [0.1, 0.15) is 0 Å². The van der Waals surface area contributed by atoms with Gasteiger partial charge in [-0.2, -0.15) is 4.31 Å². The molecule has 4 heteroatoms. The highest BCUT2D eigenvalue weighted by molar-refractivity contribution is 7.89. The second kappa shape index (κ2) is 3.82. The molecule has 0 aromatic heterocycles. The summed E-state index contributed by atoms with van der Waals surface area (Å²) in [5.74, 6) is 0. The maximum Gasteiger partial charge on any atom is 0.243 e. The lowest BCUT2D eigenvalue weighted by Gasteiger charge is -2.06. The quantitative estimate of drug-likeness (QED) is 0.756. The number of benzene rings is 1. The first-order chi connectivity index (χ1) is 8.10. The van der Waals surface area contributed by atoms with Gasteiger partial charge in [0.15, 0.2) is 0 Å². The van der Waals surface area contributed by atoms with E-state index in [0.29, 0.717) is 4.90 Å². The Morgan fingerprint density at radius 2 is 1.59 bits per heavy atom. The van der Waals surface area contributed by atoms with E-state index in [2.05, 4.69) is 0 Å². The van der Waals surface area contributed by atoms with Crippen LogP contribution in [0, 0.1) is 6.92 Å². The van der Waals surface area contributed by atoms with Gasteiger partial charge in [0.05, 0.1) is 4.90 Å². The average Bonchev–Trinajstić information content (AvgIpc) is 3.04. The molecule has 0 amide bonds. The smallest absolute Gasteiger partial charge is 0.207 e. The highest BCUT2D eigenvalue weighted by Crippen LogP contribution is 2.44. The van der Waals surface area contributed by atoms with Gasteiger partial charge in [-0.3, -0.25) is 0 Å². The van der Waals surface area contributed by atoms with Crippen LogP contribution in [0.4, 0.5) is 0 Å². The van der Waals surface area contributed by atoms with Crippen molar-refractivity contribution < 1.29 is 8.42 Å². The number of aryl methyl sites for hydroxylation is 1. The maximum absolute atomic E-state index is 12.4. The van der Waals surface area contributed by atoms with E-state index in [-0.39, 0.29) is 12.1 Å². The molecule has 0 unspecified atom stereocenters. The molecule has 2 aliphatic rings. The summed E-state index contributed by atoms with van der Waals surface area (Å²) in [6.07, 6.45) is 4.41. The largest absolute Gasteiger partial charge is 0.243 e. The van der Waals surface area contributed by atoms with E-state index >= 15 is 0 Å². The van der Waals surface area contributed by atoms with Crippen molar-refractivity contribution in [2.45, 2.75) is 49.6 Å². The number of hydrogen-bond acceptors (Lipinski definition) is 2. The van der Waals surface area contributed by atoms with Crippen molar-refractivity contribution >= 4 is 10.0 Å². The molecule has 1 heterocycles. The first-order valence-electron chi connectivity index (χ1n) is 6.21. The predicted octanol–water partition coefficient (Wildman–Crippen LogP) is 2.31. The van der Waals surface area contributed by atoms with Crippen LogP contribution in [0.3, 0.4) is 0 Å². The van der Waals surface area contributed by atoms with Crippen LogP contribution < -0.4 is 0 Å². The number of fused-ring (bicyclic) bond motifs is 1. The number of sulfonamides is 1. The van der Waals surface area contributed by atoms with Crippen LogP contribution in [0.5, 0.6) is 0 Å². The Morgan fingerprint density at radius 3 is 2.12 bits per heavy atom. The molecule has 1 aliphatic heterocycles. The van der Waals surface area contributed by atoms with Gasteiger partial charge in [0.25, 0.3) is 0 Å². The van der Waals surface area contributed by atoms with Crippen molar-refractivity contribution in [3.63, 3.8) is 0 Å². The summed E-state index contributed by atoms with van der Waals surface area (Å²) >= 11 is 0.